The molecule has 0 spiro atoms. The number of carbonyl (C=O) groups is 1. The van der Waals surface area contributed by atoms with Crippen LogP contribution in [0.5, 0.6) is 0 Å². The van der Waals surface area contributed by atoms with Gasteiger partial charge in [0.05, 0.1) is 0 Å². The molecule has 0 unspecified atom stereocenters. The fourth-order valence-corrected chi connectivity index (χ4v) is 4.62. The number of nitrogens with one attached hydrogen (secondary N) is 1. The lowest BCUT2D eigenvalue weighted by atomic mass is 9.97. The number of nitrogens with two attached hydrogens (primary N) is 1. The van der Waals surface area contributed by atoms with Gasteiger partial charge >= 0.3 is 0 Å². The molecular weight excluding hydrogens is 392 g/mol. The van der Waals surface area contributed by atoms with E-state index in [2.05, 4.69) is 72.0 Å². The highest BCUT2D eigenvalue weighted by Gasteiger charge is 2.51. The Labute approximate surface area is 189 Å². The van der Waals surface area contributed by atoms with Crippen LogP contribution in [0, 0.1) is 0 Å². The molecule has 0 aliphatic heterocycles. The highest BCUT2D eigenvalue weighted by Crippen LogP contribution is 2.51. The van der Waals surface area contributed by atoms with Gasteiger partial charge in [-0.3, -0.25) is 4.79 Å². The minimum Gasteiger partial charge on any atom is -0.326 e. The Balaban J connectivity index is 1.17. The van der Waals surface area contributed by atoms with Gasteiger partial charge in [-0.05, 0) is 58.9 Å². The monoisotopic (exact) mass is 420 g/mol. The van der Waals surface area contributed by atoms with Gasteiger partial charge in [-0.15, -0.1) is 0 Å². The van der Waals surface area contributed by atoms with E-state index in [1.807, 2.05) is 30.3 Å². The molecule has 5 rings (SSSR count). The fraction of sp³-hybridized carbons (Fsp3) is 0.207. The lowest BCUT2D eigenvalue weighted by molar-refractivity contribution is -0.116. The average molecular weight is 421 g/mol. The summed E-state index contributed by atoms with van der Waals surface area (Å²) in [6.07, 6.45) is 3.09. The Morgan fingerprint density at radius 2 is 1.56 bits per heavy atom. The van der Waals surface area contributed by atoms with Crippen LogP contribution in [0.3, 0.4) is 0 Å². The predicted octanol–water partition coefficient (Wildman–Crippen LogP) is 5.84. The van der Waals surface area contributed by atoms with Crippen LogP contribution < -0.4 is 11.1 Å². The molecule has 0 bridgehead atoms. The van der Waals surface area contributed by atoms with Crippen LogP contribution in [-0.2, 0) is 17.6 Å². The molecule has 0 heterocycles. The third-order valence-electron chi connectivity index (χ3n) is 6.55. The van der Waals surface area contributed by atoms with E-state index in [0.717, 1.165) is 24.9 Å². The van der Waals surface area contributed by atoms with E-state index in [1.165, 1.54) is 27.5 Å². The van der Waals surface area contributed by atoms with Crippen LogP contribution in [0.15, 0.2) is 97.1 Å². The Kier molecular flexibility index (Phi) is 5.50. The van der Waals surface area contributed by atoms with Gasteiger partial charge in [0.2, 0.25) is 5.91 Å². The van der Waals surface area contributed by atoms with Crippen molar-refractivity contribution in [2.24, 2.45) is 5.73 Å². The summed E-state index contributed by atoms with van der Waals surface area (Å²) in [4.78, 5) is 12.3. The first-order valence-electron chi connectivity index (χ1n) is 11.3. The summed E-state index contributed by atoms with van der Waals surface area (Å²) in [5.74, 6) is 0.398. The van der Waals surface area contributed by atoms with Gasteiger partial charge in [0.25, 0.3) is 0 Å². The molecule has 4 aromatic carbocycles. The molecule has 1 aliphatic rings. The van der Waals surface area contributed by atoms with Crippen LogP contribution >= 0.6 is 0 Å². The van der Waals surface area contributed by atoms with E-state index in [-0.39, 0.29) is 11.4 Å². The minimum atomic E-state index is -0.192. The van der Waals surface area contributed by atoms with Gasteiger partial charge < -0.3 is 11.1 Å². The molecule has 2 atom stereocenters. The first-order valence-corrected chi connectivity index (χ1v) is 11.3. The summed E-state index contributed by atoms with van der Waals surface area (Å²) < 4.78 is 0. The highest BCUT2D eigenvalue weighted by atomic mass is 16.1. The summed E-state index contributed by atoms with van der Waals surface area (Å²) in [5, 5.41) is 5.53. The lowest BCUT2D eigenvalue weighted by Gasteiger charge is -2.13. The molecule has 3 heteroatoms. The normalized spacial score (nSPS) is 19.6. The average Bonchev–Trinajstić information content (AvgIpc) is 3.49. The number of anilines is 1. The van der Waals surface area contributed by atoms with E-state index in [9.17, 15) is 4.79 Å². The first-order chi connectivity index (χ1) is 15.6. The zero-order valence-electron chi connectivity index (χ0n) is 18.1. The van der Waals surface area contributed by atoms with Gasteiger partial charge in [-0.1, -0.05) is 84.9 Å². The van der Waals surface area contributed by atoms with Crippen LogP contribution in [-0.4, -0.2) is 11.4 Å². The molecule has 3 N–H and O–H groups in total. The number of aryl methyl sites for hydroxylation is 1. The Bertz CT molecular complexity index is 1230. The van der Waals surface area contributed by atoms with E-state index in [1.54, 1.807) is 0 Å². The van der Waals surface area contributed by atoms with Gasteiger partial charge in [0.1, 0.15) is 0 Å². The molecule has 1 fully saturated rings. The van der Waals surface area contributed by atoms with Crippen molar-refractivity contribution in [3.05, 3.63) is 114 Å². The van der Waals surface area contributed by atoms with Crippen LogP contribution in [0.2, 0.25) is 0 Å². The zero-order chi connectivity index (χ0) is 22.0. The van der Waals surface area contributed by atoms with Crippen molar-refractivity contribution in [3.8, 4) is 0 Å². The number of rotatable bonds is 7. The standard InChI is InChI=1S/C29H28N2O/c30-29(19-22-10-12-23-8-4-5-9-25(23)18-22)20-27(29)24-13-15-26(16-14-24)31-28(32)17-11-21-6-2-1-3-7-21/h1-10,12-16,18,27H,11,17,19-20,30H2,(H,31,32)/t27-,29-/m0/s1. The minimum absolute atomic E-state index is 0.0394. The Morgan fingerprint density at radius 1 is 0.844 bits per heavy atom. The molecule has 1 amide bonds. The van der Waals surface area contributed by atoms with Crippen molar-refractivity contribution in [1.29, 1.82) is 0 Å². The maximum atomic E-state index is 12.3. The second kappa shape index (κ2) is 8.60. The lowest BCUT2D eigenvalue weighted by Crippen LogP contribution is -2.27. The number of carbonyl (C=O) groups excluding carboxylic acids is 1. The zero-order valence-corrected chi connectivity index (χ0v) is 18.1. The number of amides is 1. The van der Waals surface area contributed by atoms with Crippen LogP contribution in [0.1, 0.15) is 35.4 Å². The van der Waals surface area contributed by atoms with E-state index in [0.29, 0.717) is 12.3 Å². The summed E-state index contributed by atoms with van der Waals surface area (Å²) in [5.41, 5.74) is 11.1. The summed E-state index contributed by atoms with van der Waals surface area (Å²) in [6, 6.07) is 33.3. The molecule has 0 aromatic heterocycles. The molecule has 0 saturated heterocycles. The quantitative estimate of drug-likeness (QED) is 0.395. The van der Waals surface area contributed by atoms with Crippen molar-refractivity contribution in [2.75, 3.05) is 5.32 Å². The van der Waals surface area contributed by atoms with Crippen molar-refractivity contribution in [3.63, 3.8) is 0 Å². The number of hydrogen-bond acceptors (Lipinski definition) is 2. The number of benzene rings is 4. The Hall–Kier alpha value is -3.43. The molecular formula is C29H28N2O. The molecule has 4 aromatic rings. The number of fused-ring (bicyclic) bond motifs is 1. The van der Waals surface area contributed by atoms with Gasteiger partial charge in [0, 0.05) is 23.6 Å². The van der Waals surface area contributed by atoms with E-state index >= 15 is 0 Å². The van der Waals surface area contributed by atoms with Crippen molar-refractivity contribution in [1.82, 2.24) is 0 Å². The third-order valence-corrected chi connectivity index (χ3v) is 6.55. The van der Waals surface area contributed by atoms with Crippen LogP contribution in [0.25, 0.3) is 10.8 Å². The van der Waals surface area contributed by atoms with E-state index in [4.69, 9.17) is 5.73 Å². The van der Waals surface area contributed by atoms with Gasteiger partial charge in [-0.25, -0.2) is 0 Å². The summed E-state index contributed by atoms with van der Waals surface area (Å²) in [7, 11) is 0. The van der Waals surface area contributed by atoms with Crippen molar-refractivity contribution in [2.45, 2.75) is 37.1 Å². The first kappa shape index (κ1) is 20.5. The van der Waals surface area contributed by atoms with Crippen molar-refractivity contribution >= 4 is 22.4 Å². The van der Waals surface area contributed by atoms with Crippen LogP contribution in [0.4, 0.5) is 5.69 Å². The van der Waals surface area contributed by atoms with E-state index < -0.39 is 0 Å². The maximum absolute atomic E-state index is 12.3. The SMILES string of the molecule is N[C@@]1(Cc2ccc3ccccc3c2)C[C@H]1c1ccc(NC(=O)CCc2ccccc2)cc1. The molecule has 3 nitrogen and oxygen atoms in total. The van der Waals surface area contributed by atoms with Crippen molar-refractivity contribution < 1.29 is 4.79 Å². The number of hydrogen-bond donors (Lipinski definition) is 2. The maximum Gasteiger partial charge on any atom is 0.224 e. The molecule has 32 heavy (non-hydrogen) atoms. The molecule has 1 saturated carbocycles. The molecule has 0 radical (unpaired) electrons. The second-order valence-electron chi connectivity index (χ2n) is 9.00. The van der Waals surface area contributed by atoms with Gasteiger partial charge in [-0.2, -0.15) is 0 Å². The predicted molar refractivity (Wildman–Crippen MR) is 132 cm³/mol. The topological polar surface area (TPSA) is 55.1 Å². The van der Waals surface area contributed by atoms with Gasteiger partial charge in [0.15, 0.2) is 0 Å². The largest absolute Gasteiger partial charge is 0.326 e. The second-order valence-corrected chi connectivity index (χ2v) is 9.00. The Morgan fingerprint density at radius 3 is 2.34 bits per heavy atom. The fourth-order valence-electron chi connectivity index (χ4n) is 4.62. The highest BCUT2D eigenvalue weighted by molar-refractivity contribution is 5.90. The smallest absolute Gasteiger partial charge is 0.224 e. The third kappa shape index (κ3) is 4.58. The molecule has 1 aliphatic carbocycles. The molecule has 160 valence electrons. The summed E-state index contributed by atoms with van der Waals surface area (Å²) >= 11 is 0. The summed E-state index contributed by atoms with van der Waals surface area (Å²) in [6.45, 7) is 0.